The SMILES string of the molecule is CC(C)(C)[Si](C)(C)OC1C=[N+]([O-])CC1. The lowest BCUT2D eigenvalue weighted by Gasteiger charge is -2.37. The highest BCUT2D eigenvalue weighted by atomic mass is 28.4. The van der Waals surface area contributed by atoms with Crippen molar-refractivity contribution in [1.82, 2.24) is 0 Å². The molecule has 1 atom stereocenters. The van der Waals surface area contributed by atoms with Gasteiger partial charge in [0.15, 0.2) is 21.1 Å². The van der Waals surface area contributed by atoms with Gasteiger partial charge in [-0.15, -0.1) is 0 Å². The molecule has 0 N–H and O–H groups in total. The first-order valence-corrected chi connectivity index (χ1v) is 8.10. The first-order valence-electron chi connectivity index (χ1n) is 5.19. The summed E-state index contributed by atoms with van der Waals surface area (Å²) in [4.78, 5) is 0. The van der Waals surface area contributed by atoms with Crippen LogP contribution in [0.15, 0.2) is 0 Å². The van der Waals surface area contributed by atoms with Gasteiger partial charge >= 0.3 is 0 Å². The van der Waals surface area contributed by atoms with Crippen molar-refractivity contribution in [3.63, 3.8) is 0 Å². The molecule has 0 spiro atoms. The Balaban J connectivity index is 2.60. The van der Waals surface area contributed by atoms with Crippen molar-refractivity contribution in [2.75, 3.05) is 6.54 Å². The third kappa shape index (κ3) is 2.57. The molecule has 0 bridgehead atoms. The maximum Gasteiger partial charge on any atom is 0.193 e. The maximum absolute atomic E-state index is 11.0. The lowest BCUT2D eigenvalue weighted by atomic mass is 10.2. The Morgan fingerprint density at radius 2 is 2.00 bits per heavy atom. The molecule has 1 aliphatic rings. The van der Waals surface area contributed by atoms with Crippen LogP contribution in [0.25, 0.3) is 0 Å². The van der Waals surface area contributed by atoms with Crippen LogP contribution in [0, 0.1) is 5.21 Å². The van der Waals surface area contributed by atoms with E-state index >= 15 is 0 Å². The van der Waals surface area contributed by atoms with Gasteiger partial charge in [0.05, 0.1) is 0 Å². The lowest BCUT2D eigenvalue weighted by Crippen LogP contribution is -2.43. The van der Waals surface area contributed by atoms with Gasteiger partial charge in [0.25, 0.3) is 0 Å². The van der Waals surface area contributed by atoms with E-state index in [0.717, 1.165) is 11.2 Å². The van der Waals surface area contributed by atoms with Gasteiger partial charge in [-0.3, -0.25) is 0 Å². The van der Waals surface area contributed by atoms with Crippen LogP contribution in [0.5, 0.6) is 0 Å². The Morgan fingerprint density at radius 1 is 1.43 bits per heavy atom. The topological polar surface area (TPSA) is 35.3 Å². The average molecular weight is 215 g/mol. The fourth-order valence-corrected chi connectivity index (χ4v) is 2.52. The van der Waals surface area contributed by atoms with Gasteiger partial charge in [-0.05, 0) is 18.1 Å². The predicted molar refractivity (Wildman–Crippen MR) is 61.2 cm³/mol. The molecule has 1 unspecified atom stereocenters. The molecule has 1 heterocycles. The fraction of sp³-hybridized carbons (Fsp3) is 0.900. The molecule has 82 valence electrons. The lowest BCUT2D eigenvalue weighted by molar-refractivity contribution is -0.443. The second kappa shape index (κ2) is 3.66. The van der Waals surface area contributed by atoms with Gasteiger partial charge in [-0.25, -0.2) is 4.74 Å². The number of rotatable bonds is 2. The van der Waals surface area contributed by atoms with Gasteiger partial charge in [0.1, 0.15) is 6.10 Å². The molecule has 1 aliphatic heterocycles. The zero-order valence-electron chi connectivity index (χ0n) is 9.83. The molecule has 4 heteroatoms. The maximum atomic E-state index is 11.0. The van der Waals surface area contributed by atoms with E-state index in [1.165, 1.54) is 0 Å². The quantitative estimate of drug-likeness (QED) is 0.403. The summed E-state index contributed by atoms with van der Waals surface area (Å²) in [5.41, 5.74) is 0. The smallest absolute Gasteiger partial charge is 0.193 e. The highest BCUT2D eigenvalue weighted by Gasteiger charge is 2.40. The van der Waals surface area contributed by atoms with Crippen LogP contribution < -0.4 is 0 Å². The first kappa shape index (κ1) is 11.7. The van der Waals surface area contributed by atoms with Gasteiger partial charge in [0, 0.05) is 6.42 Å². The number of hydrogen-bond acceptors (Lipinski definition) is 2. The van der Waals surface area contributed by atoms with Crippen molar-refractivity contribution < 1.29 is 9.16 Å². The fourth-order valence-electron chi connectivity index (χ4n) is 1.23. The normalized spacial score (nSPS) is 23.8. The molecule has 14 heavy (non-hydrogen) atoms. The average Bonchev–Trinajstić information content (AvgIpc) is 2.31. The van der Waals surface area contributed by atoms with Crippen LogP contribution in [-0.4, -0.2) is 31.9 Å². The van der Waals surface area contributed by atoms with E-state index in [0.29, 0.717) is 6.54 Å². The second-order valence-corrected chi connectivity index (χ2v) is 10.3. The molecular formula is C10H21NO2Si. The molecule has 0 aliphatic carbocycles. The zero-order valence-corrected chi connectivity index (χ0v) is 10.8. The summed E-state index contributed by atoms with van der Waals surface area (Å²) in [5, 5.41) is 11.2. The monoisotopic (exact) mass is 215 g/mol. The van der Waals surface area contributed by atoms with E-state index in [1.54, 1.807) is 6.21 Å². The van der Waals surface area contributed by atoms with Crippen molar-refractivity contribution >= 4 is 14.5 Å². The zero-order chi connectivity index (χ0) is 11.0. The summed E-state index contributed by atoms with van der Waals surface area (Å²) in [6.07, 6.45) is 2.56. The van der Waals surface area contributed by atoms with E-state index in [1.807, 2.05) is 0 Å². The van der Waals surface area contributed by atoms with Crippen molar-refractivity contribution in [2.45, 2.75) is 51.4 Å². The molecule has 0 fully saturated rings. The first-order chi connectivity index (χ1) is 6.22. The molecular weight excluding hydrogens is 194 g/mol. The van der Waals surface area contributed by atoms with E-state index in [9.17, 15) is 5.21 Å². The van der Waals surface area contributed by atoms with Crippen LogP contribution in [0.3, 0.4) is 0 Å². The van der Waals surface area contributed by atoms with Crippen LogP contribution >= 0.6 is 0 Å². The molecule has 0 saturated carbocycles. The van der Waals surface area contributed by atoms with Gasteiger partial charge in [-0.2, -0.15) is 0 Å². The van der Waals surface area contributed by atoms with E-state index in [-0.39, 0.29) is 11.1 Å². The number of hydrogen-bond donors (Lipinski definition) is 0. The van der Waals surface area contributed by atoms with Crippen molar-refractivity contribution in [3.8, 4) is 0 Å². The highest BCUT2D eigenvalue weighted by Crippen LogP contribution is 2.37. The van der Waals surface area contributed by atoms with E-state index < -0.39 is 8.32 Å². The van der Waals surface area contributed by atoms with Crippen molar-refractivity contribution in [1.29, 1.82) is 0 Å². The van der Waals surface area contributed by atoms with Crippen LogP contribution in [0.1, 0.15) is 27.2 Å². The Morgan fingerprint density at radius 3 is 2.36 bits per heavy atom. The highest BCUT2D eigenvalue weighted by molar-refractivity contribution is 6.74. The molecule has 0 aromatic rings. The molecule has 0 radical (unpaired) electrons. The summed E-state index contributed by atoms with van der Waals surface area (Å²) in [7, 11) is -1.70. The summed E-state index contributed by atoms with van der Waals surface area (Å²) >= 11 is 0. The summed E-state index contributed by atoms with van der Waals surface area (Å²) in [6, 6.07) is 0. The standard InChI is InChI=1S/C10H21NO2Si/c1-10(2,3)14(4,5)13-9-6-7-11(12)8-9/h8-9H,6-7H2,1-5H3. The number of nitrogens with zero attached hydrogens (tertiary/aromatic N) is 1. The summed E-state index contributed by atoms with van der Waals surface area (Å²) in [6.45, 7) is 11.7. The summed E-state index contributed by atoms with van der Waals surface area (Å²) < 4.78 is 7.06. The van der Waals surface area contributed by atoms with Gasteiger partial charge < -0.3 is 9.63 Å². The summed E-state index contributed by atoms with van der Waals surface area (Å²) in [5.74, 6) is 0. The largest absolute Gasteiger partial charge is 0.624 e. The minimum atomic E-state index is -1.70. The van der Waals surface area contributed by atoms with Crippen LogP contribution in [-0.2, 0) is 4.43 Å². The van der Waals surface area contributed by atoms with E-state index in [2.05, 4.69) is 33.9 Å². The Labute approximate surface area is 87.5 Å². The Bertz CT molecular complexity index is 243. The second-order valence-electron chi connectivity index (χ2n) is 5.50. The molecule has 1 rings (SSSR count). The van der Waals surface area contributed by atoms with Crippen LogP contribution in [0.2, 0.25) is 18.1 Å². The molecule has 0 aromatic carbocycles. The molecule has 0 aromatic heterocycles. The van der Waals surface area contributed by atoms with Gasteiger partial charge in [0.2, 0.25) is 0 Å². The third-order valence-electron chi connectivity index (χ3n) is 3.22. The molecule has 3 nitrogen and oxygen atoms in total. The predicted octanol–water partition coefficient (Wildman–Crippen LogP) is 2.36. The molecule has 0 saturated heterocycles. The van der Waals surface area contributed by atoms with Crippen molar-refractivity contribution in [3.05, 3.63) is 5.21 Å². The van der Waals surface area contributed by atoms with Crippen LogP contribution in [0.4, 0.5) is 0 Å². The van der Waals surface area contributed by atoms with Gasteiger partial charge in [-0.1, -0.05) is 20.8 Å². The molecule has 0 amide bonds. The Kier molecular flexibility index (Phi) is 3.06. The van der Waals surface area contributed by atoms with Crippen molar-refractivity contribution in [2.24, 2.45) is 0 Å². The minimum Gasteiger partial charge on any atom is -0.624 e. The van der Waals surface area contributed by atoms with E-state index in [4.69, 9.17) is 4.43 Å². The Hall–Kier alpha value is -0.353. The minimum absolute atomic E-state index is 0.0494. The third-order valence-corrected chi connectivity index (χ3v) is 7.72. The number of hydroxylamine groups is 1.